The summed E-state index contributed by atoms with van der Waals surface area (Å²) in [6.07, 6.45) is 4.31. The summed E-state index contributed by atoms with van der Waals surface area (Å²) in [7, 11) is 1.40. The number of esters is 1. The molecule has 3 rings (SSSR count). The van der Waals surface area contributed by atoms with Crippen molar-refractivity contribution < 1.29 is 14.3 Å². The molecule has 2 fully saturated rings. The van der Waals surface area contributed by atoms with Gasteiger partial charge >= 0.3 is 5.97 Å². The number of hydrogen-bond donors (Lipinski definition) is 2. The zero-order chi connectivity index (χ0) is 18.4. The molecular weight excluding hydrogens is 330 g/mol. The van der Waals surface area contributed by atoms with E-state index in [1.807, 2.05) is 18.2 Å². The summed E-state index contributed by atoms with van der Waals surface area (Å²) in [5.41, 5.74) is 1.71. The van der Waals surface area contributed by atoms with Crippen LogP contribution in [0.3, 0.4) is 0 Å². The molecule has 2 aliphatic rings. The maximum Gasteiger partial charge on any atom is 0.337 e. The minimum atomic E-state index is -0.299. The van der Waals surface area contributed by atoms with Crippen molar-refractivity contribution in [2.45, 2.75) is 38.3 Å². The summed E-state index contributed by atoms with van der Waals surface area (Å²) in [6.45, 7) is 4.53. The number of rotatable bonds is 6. The van der Waals surface area contributed by atoms with E-state index in [0.29, 0.717) is 11.5 Å². The van der Waals surface area contributed by atoms with Crippen LogP contribution >= 0.6 is 0 Å². The van der Waals surface area contributed by atoms with Gasteiger partial charge in [-0.25, -0.2) is 4.79 Å². The van der Waals surface area contributed by atoms with Gasteiger partial charge in [-0.1, -0.05) is 12.1 Å². The summed E-state index contributed by atoms with van der Waals surface area (Å²) in [4.78, 5) is 26.3. The van der Waals surface area contributed by atoms with Crippen molar-refractivity contribution in [3.63, 3.8) is 0 Å². The van der Waals surface area contributed by atoms with Crippen LogP contribution in [0.1, 0.15) is 41.6 Å². The third-order valence-corrected chi connectivity index (χ3v) is 5.30. The van der Waals surface area contributed by atoms with Crippen LogP contribution in [0, 0.1) is 5.92 Å². The Balaban J connectivity index is 1.49. The van der Waals surface area contributed by atoms with E-state index in [1.54, 1.807) is 6.07 Å². The first-order valence-corrected chi connectivity index (χ1v) is 9.56. The van der Waals surface area contributed by atoms with Crippen LogP contribution in [-0.4, -0.2) is 56.1 Å². The first kappa shape index (κ1) is 18.9. The molecule has 0 aliphatic carbocycles. The molecule has 6 nitrogen and oxygen atoms in total. The lowest BCUT2D eigenvalue weighted by molar-refractivity contribution is -0.123. The van der Waals surface area contributed by atoms with Crippen LogP contribution in [0.15, 0.2) is 24.3 Å². The highest BCUT2D eigenvalue weighted by Crippen LogP contribution is 2.19. The number of nitrogens with zero attached hydrogens (tertiary/aromatic N) is 1. The summed E-state index contributed by atoms with van der Waals surface area (Å²) < 4.78 is 4.80. The molecule has 2 saturated heterocycles. The highest BCUT2D eigenvalue weighted by atomic mass is 16.5. The van der Waals surface area contributed by atoms with Crippen LogP contribution in [0.2, 0.25) is 0 Å². The fourth-order valence-corrected chi connectivity index (χ4v) is 3.91. The average molecular weight is 359 g/mol. The van der Waals surface area contributed by atoms with Gasteiger partial charge < -0.3 is 15.4 Å². The second-order valence-corrected chi connectivity index (χ2v) is 7.33. The number of nitrogens with one attached hydrogen (secondary N) is 2. The monoisotopic (exact) mass is 359 g/mol. The number of carbonyl (C=O) groups is 2. The second-order valence-electron chi connectivity index (χ2n) is 7.33. The van der Waals surface area contributed by atoms with E-state index in [2.05, 4.69) is 15.5 Å². The van der Waals surface area contributed by atoms with E-state index in [4.69, 9.17) is 4.74 Å². The zero-order valence-electron chi connectivity index (χ0n) is 15.5. The lowest BCUT2D eigenvalue weighted by Crippen LogP contribution is -2.45. The first-order valence-electron chi connectivity index (χ1n) is 9.56. The summed E-state index contributed by atoms with van der Waals surface area (Å²) in [5, 5.41) is 6.37. The number of likely N-dealkylation sites (tertiary alicyclic amines) is 1. The van der Waals surface area contributed by atoms with E-state index >= 15 is 0 Å². The third-order valence-electron chi connectivity index (χ3n) is 5.30. The van der Waals surface area contributed by atoms with Crippen LogP contribution in [-0.2, 0) is 16.1 Å². The standard InChI is InChI=1S/C20H29N3O3/c1-26-20(25)17-7-2-5-15(11-17)13-23-10-4-6-16(14-23)12-22-19(24)18-8-3-9-21-18/h2,5,7,11,16,18,21H,3-4,6,8-10,12-14H2,1H3,(H,22,24). The molecule has 2 N–H and O–H groups in total. The Kier molecular flexibility index (Phi) is 6.63. The average Bonchev–Trinajstić information content (AvgIpc) is 3.21. The number of piperidine rings is 1. The van der Waals surface area contributed by atoms with Crippen molar-refractivity contribution in [1.82, 2.24) is 15.5 Å². The predicted molar refractivity (Wildman–Crippen MR) is 99.8 cm³/mol. The molecule has 0 saturated carbocycles. The minimum Gasteiger partial charge on any atom is -0.465 e. The molecule has 6 heteroatoms. The van der Waals surface area contributed by atoms with Crippen molar-refractivity contribution in [1.29, 1.82) is 0 Å². The van der Waals surface area contributed by atoms with Crippen molar-refractivity contribution in [3.8, 4) is 0 Å². The molecule has 0 radical (unpaired) electrons. The molecule has 2 atom stereocenters. The molecule has 1 amide bonds. The highest BCUT2D eigenvalue weighted by Gasteiger charge is 2.24. The molecule has 1 aromatic rings. The normalized spacial score (nSPS) is 23.6. The molecule has 0 spiro atoms. The Morgan fingerprint density at radius 2 is 2.19 bits per heavy atom. The van der Waals surface area contributed by atoms with Crippen molar-refractivity contribution in [2.24, 2.45) is 5.92 Å². The molecule has 1 aromatic carbocycles. The molecule has 0 bridgehead atoms. The molecular formula is C20H29N3O3. The number of benzene rings is 1. The van der Waals surface area contributed by atoms with Crippen LogP contribution in [0.4, 0.5) is 0 Å². The third kappa shape index (κ3) is 5.05. The topological polar surface area (TPSA) is 70.7 Å². The van der Waals surface area contributed by atoms with Crippen molar-refractivity contribution in [3.05, 3.63) is 35.4 Å². The molecule has 2 unspecified atom stereocenters. The van der Waals surface area contributed by atoms with E-state index in [0.717, 1.165) is 64.0 Å². The Hall–Kier alpha value is -1.92. The van der Waals surface area contributed by atoms with E-state index in [-0.39, 0.29) is 17.9 Å². The second kappa shape index (κ2) is 9.14. The number of carbonyl (C=O) groups excluding carboxylic acids is 2. The largest absolute Gasteiger partial charge is 0.465 e. The van der Waals surface area contributed by atoms with Gasteiger partial charge in [-0.2, -0.15) is 0 Å². The van der Waals surface area contributed by atoms with Crippen LogP contribution in [0.5, 0.6) is 0 Å². The number of amides is 1. The maximum absolute atomic E-state index is 12.2. The van der Waals surface area contributed by atoms with Gasteiger partial charge in [0, 0.05) is 19.6 Å². The quantitative estimate of drug-likeness (QED) is 0.754. The number of hydrogen-bond acceptors (Lipinski definition) is 5. The zero-order valence-corrected chi connectivity index (χ0v) is 15.5. The minimum absolute atomic E-state index is 0.00393. The smallest absolute Gasteiger partial charge is 0.337 e. The lowest BCUT2D eigenvalue weighted by Gasteiger charge is -2.33. The van der Waals surface area contributed by atoms with E-state index in [1.165, 1.54) is 7.11 Å². The van der Waals surface area contributed by atoms with Crippen LogP contribution < -0.4 is 10.6 Å². The van der Waals surface area contributed by atoms with E-state index < -0.39 is 0 Å². The van der Waals surface area contributed by atoms with Gasteiger partial charge in [0.15, 0.2) is 0 Å². The Morgan fingerprint density at radius 1 is 1.31 bits per heavy atom. The lowest BCUT2D eigenvalue weighted by atomic mass is 9.97. The fourth-order valence-electron chi connectivity index (χ4n) is 3.91. The molecule has 26 heavy (non-hydrogen) atoms. The maximum atomic E-state index is 12.2. The SMILES string of the molecule is COC(=O)c1cccc(CN2CCCC(CNC(=O)C3CCCN3)C2)c1. The van der Waals surface area contributed by atoms with Gasteiger partial charge in [0.25, 0.3) is 0 Å². The van der Waals surface area contributed by atoms with Crippen LogP contribution in [0.25, 0.3) is 0 Å². The van der Waals surface area contributed by atoms with Gasteiger partial charge in [0.05, 0.1) is 18.7 Å². The van der Waals surface area contributed by atoms with Crippen molar-refractivity contribution >= 4 is 11.9 Å². The van der Waals surface area contributed by atoms with Gasteiger partial charge in [-0.05, 0) is 62.4 Å². The summed E-state index contributed by atoms with van der Waals surface area (Å²) >= 11 is 0. The molecule has 2 aliphatic heterocycles. The Morgan fingerprint density at radius 3 is 2.96 bits per heavy atom. The summed E-state index contributed by atoms with van der Waals surface area (Å²) in [5.74, 6) is 0.329. The molecule has 0 aromatic heterocycles. The van der Waals surface area contributed by atoms with Gasteiger partial charge in [-0.3, -0.25) is 9.69 Å². The highest BCUT2D eigenvalue weighted by molar-refractivity contribution is 5.89. The first-order chi connectivity index (χ1) is 12.7. The van der Waals surface area contributed by atoms with E-state index in [9.17, 15) is 9.59 Å². The predicted octanol–water partition coefficient (Wildman–Crippen LogP) is 1.55. The van der Waals surface area contributed by atoms with Gasteiger partial charge in [0.1, 0.15) is 0 Å². The summed E-state index contributed by atoms with van der Waals surface area (Å²) in [6, 6.07) is 7.63. The fraction of sp³-hybridized carbons (Fsp3) is 0.600. The molecule has 2 heterocycles. The van der Waals surface area contributed by atoms with Gasteiger partial charge in [-0.15, -0.1) is 0 Å². The number of ether oxygens (including phenoxy) is 1. The Labute approximate surface area is 155 Å². The molecule has 142 valence electrons. The van der Waals surface area contributed by atoms with Gasteiger partial charge in [0.2, 0.25) is 5.91 Å². The Bertz CT molecular complexity index is 628. The van der Waals surface area contributed by atoms with Crippen molar-refractivity contribution in [2.75, 3.05) is 33.3 Å². The number of methoxy groups -OCH3 is 1.